The zero-order valence-electron chi connectivity index (χ0n) is 37.2. The number of hydrogen-bond acceptors (Lipinski definition) is 20. The fourth-order valence-corrected chi connectivity index (χ4v) is 7.79. The molecule has 0 unspecified atom stereocenters. The van der Waals surface area contributed by atoms with Gasteiger partial charge in [0.15, 0.2) is 0 Å². The van der Waals surface area contributed by atoms with E-state index in [9.17, 15) is 84.3 Å². The smallest absolute Gasteiger partial charge is 0.756 e. The minimum Gasteiger partial charge on any atom is -0.756 e. The molecule has 1 aliphatic rings. The quantitative estimate of drug-likeness (QED) is 0.0321. The van der Waals surface area contributed by atoms with Crippen LogP contribution in [0.2, 0.25) is 0 Å². The monoisotopic (exact) mass is 1000 g/mol. The summed E-state index contributed by atoms with van der Waals surface area (Å²) in [5.74, 6) is -9.44. The summed E-state index contributed by atoms with van der Waals surface area (Å²) in [6.45, 7) is 0.493. The number of carbonyl (C=O) groups excluding carboxylic acids is 8. The van der Waals surface area contributed by atoms with Gasteiger partial charge in [-0.15, -0.1) is 11.8 Å². The molecule has 1 aliphatic heterocycles. The normalized spacial score (nSPS) is 19.3. The average Bonchev–Trinajstić information content (AvgIpc) is 3.54. The third-order valence-electron chi connectivity index (χ3n) is 10.1. The van der Waals surface area contributed by atoms with Crippen molar-refractivity contribution in [2.45, 2.75) is 118 Å². The van der Waals surface area contributed by atoms with Crippen molar-refractivity contribution in [3.8, 4) is 0 Å². The van der Waals surface area contributed by atoms with Crippen LogP contribution >= 0.6 is 11.8 Å². The summed E-state index contributed by atoms with van der Waals surface area (Å²) in [7, 11) is 1.26. The van der Waals surface area contributed by atoms with Crippen LogP contribution in [0.5, 0.6) is 0 Å². The first-order valence-electron chi connectivity index (χ1n) is 20.0. The molecule has 1 aromatic rings. The van der Waals surface area contributed by atoms with E-state index in [0.29, 0.717) is 11.8 Å². The average molecular weight is 1000 g/mol. The number of aromatic nitrogens is 2. The molecule has 0 spiro atoms. The van der Waals surface area contributed by atoms with Crippen molar-refractivity contribution in [2.75, 3.05) is 26.2 Å². The van der Waals surface area contributed by atoms with Gasteiger partial charge in [0, 0.05) is 53.6 Å². The first-order chi connectivity index (χ1) is 30.3. The van der Waals surface area contributed by atoms with Gasteiger partial charge in [0.1, 0.15) is 35.1 Å². The molecular formula is C36H56FeN11O17S. The van der Waals surface area contributed by atoms with Gasteiger partial charge in [0.05, 0.1) is 42.1 Å². The number of nitrogens with two attached hydrogens (primary N) is 1. The fraction of sp³-hybridized carbons (Fsp3) is 0.667. The number of aliphatic hydroxyl groups excluding tert-OH is 4. The first-order valence-corrected chi connectivity index (χ1v) is 21.0. The SMILES string of the molecule is CC(=O)N([O-])CCC[C@H](NC(=O)[C@H](CCCN([O-])C(C)=O)NC(=O)[C@@H](N)CCCN([O-])C(C)=O)C(=O)N[C@@H](CO)C(=O)N[C@@H](C(=O)[O-])[C@H](O)[C@H]1S[C@@H](n2ccc(=N)n(C)c2=O)[C@H](O)[C@H]1O.[Fe+3].[H+]. The Balaban J connectivity index is 0.0000218. The van der Waals surface area contributed by atoms with Crippen molar-refractivity contribution in [2.24, 2.45) is 12.8 Å². The van der Waals surface area contributed by atoms with E-state index in [4.69, 9.17) is 11.1 Å². The Labute approximate surface area is 392 Å². The number of aliphatic hydroxyl groups is 4. The van der Waals surface area contributed by atoms with E-state index >= 15 is 0 Å². The molecule has 2 heterocycles. The summed E-state index contributed by atoms with van der Waals surface area (Å²) < 4.78 is 1.83. The van der Waals surface area contributed by atoms with Crippen LogP contribution in [0.15, 0.2) is 17.1 Å². The molecule has 30 heteroatoms. The molecule has 371 valence electrons. The maximum Gasteiger partial charge on any atom is 3.00 e. The maximum absolute atomic E-state index is 13.7. The number of aliphatic carboxylic acids is 1. The van der Waals surface area contributed by atoms with Crippen molar-refractivity contribution in [3.63, 3.8) is 0 Å². The molecule has 1 fully saturated rings. The summed E-state index contributed by atoms with van der Waals surface area (Å²) in [6, 6.07) is -7.88. The van der Waals surface area contributed by atoms with Crippen LogP contribution in [0, 0.1) is 21.0 Å². The number of amides is 7. The minimum atomic E-state index is -2.39. The van der Waals surface area contributed by atoms with Crippen LogP contribution in [0.4, 0.5) is 0 Å². The molecule has 28 nitrogen and oxygen atoms in total. The molecule has 66 heavy (non-hydrogen) atoms. The topological polar surface area (TPSA) is 444 Å². The first kappa shape index (κ1) is 59.0. The number of hydrogen-bond donors (Lipinski definition) is 10. The molecule has 2 rings (SSSR count). The minimum absolute atomic E-state index is 0. The molecule has 0 saturated carbocycles. The van der Waals surface area contributed by atoms with Gasteiger partial charge in [-0.25, -0.2) is 4.79 Å². The standard InChI is InChI=1S/C36H56N11O17S.Fe/c1-17(49)45(62)12-5-8-20(37)30(55)39-21(9-6-13-46(63)18(2)50)31(56)40-22(10-7-14-47(64)19(3)51)32(57)41-23(16-48)33(58)42-25(35(59)60)26(52)29-27(53)28(54)34(65-29)44-15-11-24(38)43(4)36(44)61;/h11,15,20-23,25-29,34,38,48,52-54H,5-10,12-14,16,37H2,1-4H3,(H,39,55)(H,40,56)(H,41,57)(H,42,58)(H,59,60);/q-3;+3/t20-,21-,22-,23-,25+,26-,27+,28+,29+,34+;/m0./s1. The number of carboxylic acid groups (broad SMARTS) is 1. The molecule has 1 radical (unpaired) electrons. The molecule has 1 aromatic heterocycles. The zero-order chi connectivity index (χ0) is 49.5. The van der Waals surface area contributed by atoms with E-state index in [1.165, 1.54) is 13.1 Å². The van der Waals surface area contributed by atoms with Gasteiger partial charge >= 0.3 is 24.2 Å². The summed E-state index contributed by atoms with van der Waals surface area (Å²) in [4.78, 5) is 113. The Bertz CT molecular complexity index is 2000. The summed E-state index contributed by atoms with van der Waals surface area (Å²) in [5.41, 5.74) is 4.92. The van der Waals surface area contributed by atoms with Crippen molar-refractivity contribution in [1.29, 1.82) is 5.41 Å². The number of rotatable bonds is 25. The van der Waals surface area contributed by atoms with Crippen molar-refractivity contribution < 1.29 is 82.4 Å². The Morgan fingerprint density at radius 1 is 0.788 bits per heavy atom. The van der Waals surface area contributed by atoms with Gasteiger partial charge < -0.3 is 88.1 Å². The number of hydroxylamine groups is 6. The van der Waals surface area contributed by atoms with Crippen LogP contribution in [0.3, 0.4) is 0 Å². The largest absolute Gasteiger partial charge is 3.00 e. The number of thioether (sulfide) groups is 1. The molecule has 10 atom stereocenters. The van der Waals surface area contributed by atoms with Crippen molar-refractivity contribution in [3.05, 3.63) is 43.9 Å². The second kappa shape index (κ2) is 27.6. The van der Waals surface area contributed by atoms with Crippen LogP contribution in [0.1, 0.15) is 66.1 Å². The Kier molecular flexibility index (Phi) is 24.7. The van der Waals surface area contributed by atoms with Crippen LogP contribution in [-0.2, 0) is 62.5 Å². The molecule has 0 aromatic carbocycles. The second-order valence-electron chi connectivity index (χ2n) is 15.0. The second-order valence-corrected chi connectivity index (χ2v) is 16.3. The number of carboxylic acids is 1. The number of nitrogens with one attached hydrogen (secondary N) is 5. The molecular weight excluding hydrogens is 946 g/mol. The summed E-state index contributed by atoms with van der Waals surface area (Å²) in [6.07, 6.45) is -6.22. The van der Waals surface area contributed by atoms with Crippen LogP contribution < -0.4 is 43.3 Å². The Hall–Kier alpha value is -5.01. The number of nitrogens with zero attached hydrogens (tertiary/aromatic N) is 5. The van der Waals surface area contributed by atoms with E-state index in [2.05, 4.69) is 16.0 Å². The van der Waals surface area contributed by atoms with E-state index in [0.717, 1.165) is 36.1 Å². The van der Waals surface area contributed by atoms with Gasteiger partial charge in [-0.05, 0) is 44.6 Å². The van der Waals surface area contributed by atoms with E-state index in [1.807, 2.05) is 5.32 Å². The third kappa shape index (κ3) is 17.0. The predicted octanol–water partition coefficient (Wildman–Crippen LogP) is -7.14. The fourth-order valence-electron chi connectivity index (χ4n) is 6.21. The van der Waals surface area contributed by atoms with Crippen LogP contribution in [0.25, 0.3) is 0 Å². The predicted molar refractivity (Wildman–Crippen MR) is 223 cm³/mol. The van der Waals surface area contributed by atoms with E-state index < -0.39 is 138 Å². The van der Waals surface area contributed by atoms with Crippen molar-refractivity contribution >= 4 is 59.1 Å². The molecule has 11 N–H and O–H groups in total. The zero-order valence-corrected chi connectivity index (χ0v) is 38.1. The van der Waals surface area contributed by atoms with Gasteiger partial charge in [-0.3, -0.25) is 48.1 Å². The molecule has 7 amide bonds. The van der Waals surface area contributed by atoms with E-state index in [1.54, 1.807) is 0 Å². The molecule has 0 aliphatic carbocycles. The number of carbonyl (C=O) groups is 8. The summed E-state index contributed by atoms with van der Waals surface area (Å²) in [5, 5.41) is 104. The van der Waals surface area contributed by atoms with E-state index in [-0.39, 0.29) is 77.8 Å². The Morgan fingerprint density at radius 3 is 1.65 bits per heavy atom. The van der Waals surface area contributed by atoms with Gasteiger partial charge in [0.2, 0.25) is 41.4 Å². The van der Waals surface area contributed by atoms with Gasteiger partial charge in [0.25, 0.3) is 0 Å². The maximum atomic E-state index is 13.7. The molecule has 0 bridgehead atoms. The van der Waals surface area contributed by atoms with Gasteiger partial charge in [-0.1, -0.05) is 0 Å². The molecule has 1 saturated heterocycles. The Morgan fingerprint density at radius 2 is 1.21 bits per heavy atom. The van der Waals surface area contributed by atoms with Gasteiger partial charge in [-0.2, -0.15) is 0 Å². The van der Waals surface area contributed by atoms with Crippen LogP contribution in [-0.4, -0.2) is 172 Å². The third-order valence-corrected chi connectivity index (χ3v) is 11.8. The van der Waals surface area contributed by atoms with Crippen molar-refractivity contribution in [1.82, 2.24) is 45.6 Å². The summed E-state index contributed by atoms with van der Waals surface area (Å²) >= 11 is 0.555.